The van der Waals surface area contributed by atoms with Gasteiger partial charge in [-0.2, -0.15) is 5.26 Å². The third-order valence-electron chi connectivity index (χ3n) is 0.893. The monoisotopic (exact) mass is 237 g/mol. The summed E-state index contributed by atoms with van der Waals surface area (Å²) in [6, 6.07) is 1.99. The highest BCUT2D eigenvalue weighted by Crippen LogP contribution is 1.97. The highest BCUT2D eigenvalue weighted by Gasteiger charge is 1.96. The van der Waals surface area contributed by atoms with Gasteiger partial charge in [-0.1, -0.05) is 22.6 Å². The first-order chi connectivity index (χ1) is 4.31. The number of rotatable bonds is 4. The van der Waals surface area contributed by atoms with Crippen molar-refractivity contribution in [2.75, 3.05) is 4.43 Å². The number of hydrogen-bond acceptors (Lipinski definition) is 2. The zero-order valence-electron chi connectivity index (χ0n) is 5.06. The van der Waals surface area contributed by atoms with E-state index in [1.807, 2.05) is 28.7 Å². The van der Waals surface area contributed by atoms with E-state index in [2.05, 4.69) is 0 Å². The Kier molecular flexibility index (Phi) is 5.94. The quantitative estimate of drug-likeness (QED) is 0.424. The first kappa shape index (κ1) is 8.89. The normalized spacial score (nSPS) is 8.44. The van der Waals surface area contributed by atoms with Gasteiger partial charge < -0.3 is 0 Å². The van der Waals surface area contributed by atoms with Crippen LogP contribution in [-0.4, -0.2) is 10.2 Å². The van der Waals surface area contributed by atoms with Gasteiger partial charge in [-0.25, -0.2) is 0 Å². The van der Waals surface area contributed by atoms with Crippen molar-refractivity contribution in [2.24, 2.45) is 0 Å². The summed E-state index contributed by atoms with van der Waals surface area (Å²) in [5.74, 6) is 0.242. The lowest BCUT2D eigenvalue weighted by atomic mass is 10.2. The first-order valence-corrected chi connectivity index (χ1v) is 4.28. The molecule has 0 aromatic heterocycles. The average Bonchev–Trinajstić information content (AvgIpc) is 1.89. The summed E-state index contributed by atoms with van der Waals surface area (Å²) in [6.07, 6.45) is 1.79. The van der Waals surface area contributed by atoms with Gasteiger partial charge >= 0.3 is 0 Å². The molecule has 0 bridgehead atoms. The van der Waals surface area contributed by atoms with Crippen molar-refractivity contribution in [1.29, 1.82) is 5.26 Å². The number of Topliss-reactive ketones (excluding diaryl/α,β-unsaturated/α-hetero) is 1. The molecular formula is C6H8INO. The molecule has 0 saturated carbocycles. The molecule has 0 N–H and O–H groups in total. The number of carbonyl (C=O) groups is 1. The molecule has 0 aliphatic carbocycles. The fraction of sp³-hybridized carbons (Fsp3) is 0.667. The fourth-order valence-corrected chi connectivity index (χ4v) is 0.813. The second-order valence-electron chi connectivity index (χ2n) is 1.68. The van der Waals surface area contributed by atoms with Gasteiger partial charge in [-0.05, 0) is 6.42 Å². The second-order valence-corrected chi connectivity index (χ2v) is 2.45. The van der Waals surface area contributed by atoms with E-state index in [4.69, 9.17) is 5.26 Å². The highest BCUT2D eigenvalue weighted by molar-refractivity contribution is 14.1. The molecule has 0 radical (unpaired) electrons. The third kappa shape index (κ3) is 5.77. The molecule has 0 saturated heterocycles. The predicted molar refractivity (Wildman–Crippen MR) is 43.4 cm³/mol. The smallest absolute Gasteiger partial charge is 0.142 e. The first-order valence-electron chi connectivity index (χ1n) is 2.76. The van der Waals surface area contributed by atoms with Crippen molar-refractivity contribution < 1.29 is 4.79 Å². The van der Waals surface area contributed by atoms with Crippen molar-refractivity contribution in [3.63, 3.8) is 0 Å². The minimum atomic E-state index is 0.242. The molecule has 0 heterocycles. The molecule has 9 heavy (non-hydrogen) atoms. The Morgan fingerprint density at radius 1 is 1.67 bits per heavy atom. The molecule has 0 rings (SSSR count). The summed E-state index contributed by atoms with van der Waals surface area (Å²) in [5, 5.41) is 8.09. The lowest BCUT2D eigenvalue weighted by Gasteiger charge is -1.89. The van der Waals surface area contributed by atoms with Gasteiger partial charge in [0.05, 0.1) is 10.5 Å². The van der Waals surface area contributed by atoms with Gasteiger partial charge in [0, 0.05) is 12.8 Å². The number of unbranched alkanes of at least 4 members (excludes halogenated alkanes) is 1. The molecule has 0 fully saturated rings. The Morgan fingerprint density at radius 2 is 2.33 bits per heavy atom. The van der Waals surface area contributed by atoms with Gasteiger partial charge in [0.2, 0.25) is 0 Å². The molecule has 50 valence electrons. The van der Waals surface area contributed by atoms with E-state index in [1.54, 1.807) is 0 Å². The molecule has 0 aromatic carbocycles. The Bertz CT molecular complexity index is 128. The van der Waals surface area contributed by atoms with E-state index in [9.17, 15) is 4.79 Å². The number of halogens is 1. The molecular weight excluding hydrogens is 229 g/mol. The lowest BCUT2D eigenvalue weighted by molar-refractivity contribution is -0.116. The summed E-state index contributed by atoms with van der Waals surface area (Å²) in [4.78, 5) is 10.6. The largest absolute Gasteiger partial charge is 0.299 e. The Balaban J connectivity index is 3.09. The molecule has 0 atom stereocenters. The van der Waals surface area contributed by atoms with Crippen LogP contribution in [0.15, 0.2) is 0 Å². The minimum Gasteiger partial charge on any atom is -0.299 e. The van der Waals surface area contributed by atoms with E-state index in [-0.39, 0.29) is 5.78 Å². The van der Waals surface area contributed by atoms with Gasteiger partial charge in [0.15, 0.2) is 0 Å². The van der Waals surface area contributed by atoms with Crippen LogP contribution >= 0.6 is 22.6 Å². The predicted octanol–water partition coefficient (Wildman–Crippen LogP) is 1.68. The van der Waals surface area contributed by atoms with Crippen LogP contribution in [0.4, 0.5) is 0 Å². The fourth-order valence-electron chi connectivity index (χ4n) is 0.431. The number of ketones is 1. The highest BCUT2D eigenvalue weighted by atomic mass is 127. The van der Waals surface area contributed by atoms with Crippen molar-refractivity contribution in [1.82, 2.24) is 0 Å². The molecule has 0 aliphatic heterocycles. The Hall–Kier alpha value is -0.110. The Labute approximate surface area is 68.4 Å². The van der Waals surface area contributed by atoms with Gasteiger partial charge in [-0.15, -0.1) is 0 Å². The summed E-state index contributed by atoms with van der Waals surface area (Å²) in [7, 11) is 0. The molecule has 0 aliphatic rings. The Morgan fingerprint density at radius 3 is 2.78 bits per heavy atom. The van der Waals surface area contributed by atoms with E-state index in [0.29, 0.717) is 17.3 Å². The molecule has 0 amide bonds. The summed E-state index contributed by atoms with van der Waals surface area (Å²) >= 11 is 2.03. The van der Waals surface area contributed by atoms with Crippen molar-refractivity contribution in [3.8, 4) is 6.07 Å². The molecule has 0 aromatic rings. The van der Waals surface area contributed by atoms with Gasteiger partial charge in [0.1, 0.15) is 5.78 Å². The van der Waals surface area contributed by atoms with E-state index >= 15 is 0 Å². The number of alkyl halides is 1. The van der Waals surface area contributed by atoms with Crippen LogP contribution < -0.4 is 0 Å². The van der Waals surface area contributed by atoms with Crippen molar-refractivity contribution in [2.45, 2.75) is 19.3 Å². The minimum absolute atomic E-state index is 0.242. The number of nitrogens with zero attached hydrogens (tertiary/aromatic N) is 1. The molecule has 0 spiro atoms. The van der Waals surface area contributed by atoms with Crippen LogP contribution in [0, 0.1) is 11.3 Å². The third-order valence-corrected chi connectivity index (χ3v) is 1.74. The van der Waals surface area contributed by atoms with Crippen LogP contribution in [-0.2, 0) is 4.79 Å². The van der Waals surface area contributed by atoms with Crippen LogP contribution in [0.1, 0.15) is 19.3 Å². The van der Waals surface area contributed by atoms with E-state index in [1.165, 1.54) is 0 Å². The van der Waals surface area contributed by atoms with Gasteiger partial charge in [-0.3, -0.25) is 4.79 Å². The van der Waals surface area contributed by atoms with E-state index < -0.39 is 0 Å². The maximum absolute atomic E-state index is 10.6. The zero-order chi connectivity index (χ0) is 7.11. The number of nitriles is 1. The number of hydrogen-bond donors (Lipinski definition) is 0. The maximum atomic E-state index is 10.6. The van der Waals surface area contributed by atoms with Crippen molar-refractivity contribution in [3.05, 3.63) is 0 Å². The summed E-state index contributed by atoms with van der Waals surface area (Å²) in [5.41, 5.74) is 0. The second kappa shape index (κ2) is 6.02. The SMILES string of the molecule is N#CCCCC(=O)CI. The van der Waals surface area contributed by atoms with Crippen LogP contribution in [0.5, 0.6) is 0 Å². The standard InChI is InChI=1S/C6H8INO/c7-5-6(9)3-1-2-4-8/h1-3,5H2. The van der Waals surface area contributed by atoms with Crippen LogP contribution in [0.2, 0.25) is 0 Å². The molecule has 0 unspecified atom stereocenters. The van der Waals surface area contributed by atoms with Gasteiger partial charge in [0.25, 0.3) is 0 Å². The van der Waals surface area contributed by atoms with Crippen LogP contribution in [0.25, 0.3) is 0 Å². The number of carbonyl (C=O) groups excluding carboxylic acids is 1. The maximum Gasteiger partial charge on any atom is 0.142 e. The van der Waals surface area contributed by atoms with Crippen molar-refractivity contribution >= 4 is 28.4 Å². The lowest BCUT2D eigenvalue weighted by Crippen LogP contribution is -1.96. The summed E-state index contributed by atoms with van der Waals surface area (Å²) < 4.78 is 0.573. The average molecular weight is 237 g/mol. The molecule has 3 heteroatoms. The zero-order valence-corrected chi connectivity index (χ0v) is 7.22. The summed E-state index contributed by atoms with van der Waals surface area (Å²) in [6.45, 7) is 0. The van der Waals surface area contributed by atoms with Crippen LogP contribution in [0.3, 0.4) is 0 Å². The van der Waals surface area contributed by atoms with E-state index in [0.717, 1.165) is 6.42 Å². The molecule has 2 nitrogen and oxygen atoms in total. The topological polar surface area (TPSA) is 40.9 Å².